The first-order chi connectivity index (χ1) is 8.06. The van der Waals surface area contributed by atoms with Crippen LogP contribution in [0.5, 0.6) is 0 Å². The van der Waals surface area contributed by atoms with Crippen molar-refractivity contribution in [2.45, 2.75) is 19.9 Å². The number of rotatable bonds is 6. The van der Waals surface area contributed by atoms with Gasteiger partial charge in [0.15, 0.2) is 0 Å². The van der Waals surface area contributed by atoms with Crippen molar-refractivity contribution in [3.8, 4) is 0 Å². The van der Waals surface area contributed by atoms with Gasteiger partial charge in [0.25, 0.3) is 0 Å². The molecular weight excluding hydrogens is 280 g/mol. The Morgan fingerprint density at radius 3 is 2.76 bits per heavy atom. The number of halogens is 1. The summed E-state index contributed by atoms with van der Waals surface area (Å²) < 4.78 is 6.43. The molecule has 96 valence electrons. The summed E-state index contributed by atoms with van der Waals surface area (Å²) in [7, 11) is 2.06. The quantitative estimate of drug-likeness (QED) is 0.821. The summed E-state index contributed by atoms with van der Waals surface area (Å²) in [5.41, 5.74) is 8.32. The van der Waals surface area contributed by atoms with Crippen LogP contribution in [0.1, 0.15) is 25.5 Å². The number of hydrogen-bond donors (Lipinski definition) is 1. The molecule has 3 nitrogen and oxygen atoms in total. The molecule has 0 radical (unpaired) electrons. The summed E-state index contributed by atoms with van der Waals surface area (Å²) in [6.45, 7) is 6.37. The molecule has 1 atom stereocenters. The van der Waals surface area contributed by atoms with Gasteiger partial charge in [-0.25, -0.2) is 0 Å². The minimum atomic E-state index is 0.0250. The highest BCUT2D eigenvalue weighted by atomic mass is 79.9. The van der Waals surface area contributed by atoms with Crippen molar-refractivity contribution >= 4 is 21.6 Å². The molecule has 2 N–H and O–H groups in total. The zero-order valence-corrected chi connectivity index (χ0v) is 12.3. The molecule has 0 heterocycles. The Bertz CT molecular complexity index is 355. The fourth-order valence-electron chi connectivity index (χ4n) is 1.70. The third-order valence-corrected chi connectivity index (χ3v) is 3.16. The van der Waals surface area contributed by atoms with Gasteiger partial charge in [-0.15, -0.1) is 0 Å². The summed E-state index contributed by atoms with van der Waals surface area (Å²) in [5, 5.41) is 0. The number of nitrogens with two attached hydrogens (primary N) is 1. The van der Waals surface area contributed by atoms with E-state index in [4.69, 9.17) is 10.5 Å². The molecule has 0 aliphatic rings. The largest absolute Gasteiger partial charge is 0.380 e. The van der Waals surface area contributed by atoms with E-state index in [-0.39, 0.29) is 6.04 Å². The predicted molar refractivity (Wildman–Crippen MR) is 76.5 cm³/mol. The van der Waals surface area contributed by atoms with E-state index in [0.717, 1.165) is 29.8 Å². The number of likely N-dealkylation sites (N-methyl/N-ethyl adjacent to an activating group) is 1. The van der Waals surface area contributed by atoms with E-state index in [1.54, 1.807) is 0 Å². The number of anilines is 1. The van der Waals surface area contributed by atoms with Gasteiger partial charge in [-0.2, -0.15) is 0 Å². The molecule has 4 heteroatoms. The van der Waals surface area contributed by atoms with Crippen LogP contribution in [-0.4, -0.2) is 26.8 Å². The standard InChI is InChI=1S/C13H21BrN2O/c1-4-17-8-7-16(3)13-6-5-11(14)9-12(13)10(2)15/h5-6,9-10H,4,7-8,15H2,1-3H3. The van der Waals surface area contributed by atoms with Crippen LogP contribution in [0.3, 0.4) is 0 Å². The second-order valence-corrected chi connectivity index (χ2v) is 5.03. The van der Waals surface area contributed by atoms with Crippen LogP contribution in [0.4, 0.5) is 5.69 Å². The van der Waals surface area contributed by atoms with Crippen molar-refractivity contribution in [2.75, 3.05) is 31.7 Å². The summed E-state index contributed by atoms with van der Waals surface area (Å²) in [5.74, 6) is 0. The maximum absolute atomic E-state index is 6.00. The lowest BCUT2D eigenvalue weighted by atomic mass is 10.1. The van der Waals surface area contributed by atoms with Gasteiger partial charge in [0.1, 0.15) is 0 Å². The van der Waals surface area contributed by atoms with Crippen molar-refractivity contribution < 1.29 is 4.74 Å². The highest BCUT2D eigenvalue weighted by Crippen LogP contribution is 2.27. The molecule has 0 spiro atoms. The summed E-state index contributed by atoms with van der Waals surface area (Å²) in [4.78, 5) is 2.18. The highest BCUT2D eigenvalue weighted by molar-refractivity contribution is 9.10. The molecule has 0 fully saturated rings. The minimum Gasteiger partial charge on any atom is -0.380 e. The fraction of sp³-hybridized carbons (Fsp3) is 0.538. The number of nitrogens with zero attached hydrogens (tertiary/aromatic N) is 1. The second-order valence-electron chi connectivity index (χ2n) is 4.11. The van der Waals surface area contributed by atoms with E-state index < -0.39 is 0 Å². The lowest BCUT2D eigenvalue weighted by Crippen LogP contribution is -2.24. The Labute approximate surface area is 112 Å². The van der Waals surface area contributed by atoms with Gasteiger partial charge in [-0.05, 0) is 37.6 Å². The monoisotopic (exact) mass is 300 g/mol. The number of benzene rings is 1. The van der Waals surface area contributed by atoms with Crippen molar-refractivity contribution in [1.82, 2.24) is 0 Å². The van der Waals surface area contributed by atoms with Crippen LogP contribution >= 0.6 is 15.9 Å². The van der Waals surface area contributed by atoms with E-state index in [9.17, 15) is 0 Å². The SMILES string of the molecule is CCOCCN(C)c1ccc(Br)cc1C(C)N. The van der Waals surface area contributed by atoms with Gasteiger partial charge in [0.2, 0.25) is 0 Å². The molecule has 0 aliphatic heterocycles. The maximum atomic E-state index is 6.00. The Morgan fingerprint density at radius 2 is 2.18 bits per heavy atom. The average molecular weight is 301 g/mol. The summed E-state index contributed by atoms with van der Waals surface area (Å²) >= 11 is 3.48. The summed E-state index contributed by atoms with van der Waals surface area (Å²) in [6, 6.07) is 6.24. The molecule has 1 aromatic carbocycles. The summed E-state index contributed by atoms with van der Waals surface area (Å²) in [6.07, 6.45) is 0. The van der Waals surface area contributed by atoms with Crippen molar-refractivity contribution in [1.29, 1.82) is 0 Å². The van der Waals surface area contributed by atoms with E-state index in [0.29, 0.717) is 0 Å². The maximum Gasteiger partial charge on any atom is 0.0641 e. The van der Waals surface area contributed by atoms with Gasteiger partial charge in [-0.3, -0.25) is 0 Å². The first-order valence-electron chi connectivity index (χ1n) is 5.90. The van der Waals surface area contributed by atoms with E-state index in [1.165, 1.54) is 5.69 Å². The zero-order valence-electron chi connectivity index (χ0n) is 10.7. The van der Waals surface area contributed by atoms with Gasteiger partial charge >= 0.3 is 0 Å². The van der Waals surface area contributed by atoms with Crippen LogP contribution in [0, 0.1) is 0 Å². The van der Waals surface area contributed by atoms with Crippen LogP contribution in [0.15, 0.2) is 22.7 Å². The Kier molecular flexibility index (Phi) is 5.95. The predicted octanol–water partition coefficient (Wildman–Crippen LogP) is 2.94. The number of ether oxygens (including phenoxy) is 1. The Morgan fingerprint density at radius 1 is 1.47 bits per heavy atom. The Hall–Kier alpha value is -0.580. The zero-order chi connectivity index (χ0) is 12.8. The second kappa shape index (κ2) is 6.99. The Balaban J connectivity index is 2.81. The van der Waals surface area contributed by atoms with Crippen LogP contribution in [0.25, 0.3) is 0 Å². The van der Waals surface area contributed by atoms with Crippen LogP contribution < -0.4 is 10.6 Å². The lowest BCUT2D eigenvalue weighted by molar-refractivity contribution is 0.154. The molecule has 0 aliphatic carbocycles. The van der Waals surface area contributed by atoms with Gasteiger partial charge < -0.3 is 15.4 Å². The molecule has 0 bridgehead atoms. The minimum absolute atomic E-state index is 0.0250. The normalized spacial score (nSPS) is 12.5. The van der Waals surface area contributed by atoms with Crippen molar-refractivity contribution in [3.05, 3.63) is 28.2 Å². The van der Waals surface area contributed by atoms with Crippen molar-refractivity contribution in [2.24, 2.45) is 5.73 Å². The van der Waals surface area contributed by atoms with Gasteiger partial charge in [0, 0.05) is 36.4 Å². The lowest BCUT2D eigenvalue weighted by Gasteiger charge is -2.24. The highest BCUT2D eigenvalue weighted by Gasteiger charge is 2.11. The van der Waals surface area contributed by atoms with Gasteiger partial charge in [-0.1, -0.05) is 15.9 Å². The molecule has 0 aromatic heterocycles. The molecule has 0 amide bonds. The van der Waals surface area contributed by atoms with E-state index >= 15 is 0 Å². The van der Waals surface area contributed by atoms with E-state index in [1.807, 2.05) is 19.9 Å². The molecule has 17 heavy (non-hydrogen) atoms. The average Bonchev–Trinajstić information content (AvgIpc) is 2.29. The molecular formula is C13H21BrN2O. The molecule has 1 rings (SSSR count). The van der Waals surface area contributed by atoms with E-state index in [2.05, 4.69) is 40.0 Å². The molecule has 0 saturated heterocycles. The fourth-order valence-corrected chi connectivity index (χ4v) is 2.08. The van der Waals surface area contributed by atoms with Crippen LogP contribution in [-0.2, 0) is 4.74 Å². The van der Waals surface area contributed by atoms with Gasteiger partial charge in [0.05, 0.1) is 6.61 Å². The van der Waals surface area contributed by atoms with Crippen molar-refractivity contribution in [3.63, 3.8) is 0 Å². The topological polar surface area (TPSA) is 38.5 Å². The third kappa shape index (κ3) is 4.30. The molecule has 1 unspecified atom stereocenters. The first kappa shape index (κ1) is 14.5. The third-order valence-electron chi connectivity index (χ3n) is 2.67. The smallest absolute Gasteiger partial charge is 0.0641 e. The molecule has 1 aromatic rings. The number of hydrogen-bond acceptors (Lipinski definition) is 3. The first-order valence-corrected chi connectivity index (χ1v) is 6.69. The van der Waals surface area contributed by atoms with Crippen LogP contribution in [0.2, 0.25) is 0 Å². The molecule has 0 saturated carbocycles.